The summed E-state index contributed by atoms with van der Waals surface area (Å²) in [5.41, 5.74) is 7.83. The van der Waals surface area contributed by atoms with E-state index in [0.717, 1.165) is 16.0 Å². The fourth-order valence-corrected chi connectivity index (χ4v) is 3.59. The van der Waals surface area contributed by atoms with Crippen LogP contribution in [0.3, 0.4) is 0 Å². The summed E-state index contributed by atoms with van der Waals surface area (Å²) in [6.45, 7) is 0. The van der Waals surface area contributed by atoms with Gasteiger partial charge in [0, 0.05) is 0 Å². The zero-order valence-corrected chi connectivity index (χ0v) is 14.4. The second-order valence-electron chi connectivity index (χ2n) is 5.40. The van der Waals surface area contributed by atoms with Crippen molar-refractivity contribution in [3.8, 4) is 5.75 Å². The molecule has 4 rings (SSSR count). The SMILES string of the molecule is COc1ccc2c(c1)sc1nc(N)nc(=Nc3ccc(C(=O)O)cc3)n12. The van der Waals surface area contributed by atoms with Crippen LogP contribution in [0.1, 0.15) is 10.4 Å². The van der Waals surface area contributed by atoms with Gasteiger partial charge in [0.15, 0.2) is 0 Å². The van der Waals surface area contributed by atoms with E-state index >= 15 is 0 Å². The highest BCUT2D eigenvalue weighted by molar-refractivity contribution is 7.23. The number of hydrogen-bond donors (Lipinski definition) is 2. The molecular formula is C17H13N5O3S. The molecule has 0 unspecified atom stereocenters. The number of rotatable bonds is 3. The molecule has 0 spiro atoms. The maximum absolute atomic E-state index is 11.0. The molecule has 130 valence electrons. The predicted molar refractivity (Wildman–Crippen MR) is 98.0 cm³/mol. The zero-order chi connectivity index (χ0) is 18.3. The molecule has 0 aliphatic carbocycles. The lowest BCUT2D eigenvalue weighted by Crippen LogP contribution is -2.20. The topological polar surface area (TPSA) is 115 Å². The first-order valence-electron chi connectivity index (χ1n) is 7.56. The molecule has 0 amide bonds. The van der Waals surface area contributed by atoms with Gasteiger partial charge < -0.3 is 15.6 Å². The summed E-state index contributed by atoms with van der Waals surface area (Å²) in [4.78, 5) is 24.7. The predicted octanol–water partition coefficient (Wildman–Crippen LogP) is 2.47. The standard InChI is InChI=1S/C17H13N5O3S/c1-25-11-6-7-12-13(8-11)26-17-21-15(18)20-16(22(12)17)19-10-4-2-9(3-5-10)14(23)24/h2-8H,1H3,(H,23,24)(H2,18,19,20). The van der Waals surface area contributed by atoms with E-state index in [1.807, 2.05) is 18.2 Å². The van der Waals surface area contributed by atoms with Gasteiger partial charge >= 0.3 is 5.97 Å². The maximum Gasteiger partial charge on any atom is 0.335 e. The normalized spacial score (nSPS) is 12.0. The van der Waals surface area contributed by atoms with E-state index in [9.17, 15) is 4.79 Å². The molecule has 2 aromatic heterocycles. The third-order valence-electron chi connectivity index (χ3n) is 3.77. The number of aromatic nitrogens is 3. The van der Waals surface area contributed by atoms with Crippen LogP contribution in [0.2, 0.25) is 0 Å². The molecule has 0 radical (unpaired) electrons. The Hall–Kier alpha value is -3.46. The number of nitrogens with zero attached hydrogens (tertiary/aromatic N) is 4. The van der Waals surface area contributed by atoms with Crippen LogP contribution in [0, 0.1) is 0 Å². The lowest BCUT2D eigenvalue weighted by atomic mass is 10.2. The minimum Gasteiger partial charge on any atom is -0.497 e. The number of hydrogen-bond acceptors (Lipinski definition) is 7. The van der Waals surface area contributed by atoms with Crippen molar-refractivity contribution in [2.24, 2.45) is 4.99 Å². The van der Waals surface area contributed by atoms with E-state index < -0.39 is 5.97 Å². The molecular weight excluding hydrogens is 354 g/mol. The minimum absolute atomic E-state index is 0.115. The van der Waals surface area contributed by atoms with Gasteiger partial charge in [0.1, 0.15) is 5.75 Å². The molecule has 0 saturated heterocycles. The Balaban J connectivity index is 1.97. The van der Waals surface area contributed by atoms with Crippen LogP contribution in [0.5, 0.6) is 5.75 Å². The molecule has 0 fully saturated rings. The van der Waals surface area contributed by atoms with Gasteiger partial charge in [-0.05, 0) is 42.5 Å². The van der Waals surface area contributed by atoms with Crippen LogP contribution >= 0.6 is 11.3 Å². The second kappa shape index (κ2) is 6.12. The molecule has 9 heteroatoms. The number of aromatic carboxylic acids is 1. The molecule has 8 nitrogen and oxygen atoms in total. The van der Waals surface area contributed by atoms with E-state index in [4.69, 9.17) is 15.6 Å². The molecule has 26 heavy (non-hydrogen) atoms. The number of ether oxygens (including phenoxy) is 1. The van der Waals surface area contributed by atoms with E-state index in [1.165, 1.54) is 23.5 Å². The van der Waals surface area contributed by atoms with Crippen LogP contribution in [0.4, 0.5) is 11.6 Å². The van der Waals surface area contributed by atoms with E-state index in [2.05, 4.69) is 15.0 Å². The number of methoxy groups -OCH3 is 1. The Kier molecular flexibility index (Phi) is 3.77. The van der Waals surface area contributed by atoms with Crippen LogP contribution in [-0.2, 0) is 0 Å². The van der Waals surface area contributed by atoms with Crippen molar-refractivity contribution in [1.82, 2.24) is 14.4 Å². The van der Waals surface area contributed by atoms with Crippen molar-refractivity contribution in [1.29, 1.82) is 0 Å². The molecule has 0 aliphatic heterocycles. The lowest BCUT2D eigenvalue weighted by Gasteiger charge is -2.01. The summed E-state index contributed by atoms with van der Waals surface area (Å²) in [5, 5.41) is 9.00. The number of anilines is 1. The number of carboxylic acids is 1. The molecule has 0 bridgehead atoms. The Morgan fingerprint density at radius 2 is 2.00 bits per heavy atom. The highest BCUT2D eigenvalue weighted by atomic mass is 32.1. The first-order valence-corrected chi connectivity index (χ1v) is 8.38. The van der Waals surface area contributed by atoms with Crippen LogP contribution in [0.15, 0.2) is 47.5 Å². The van der Waals surface area contributed by atoms with Crippen LogP contribution in [0.25, 0.3) is 15.2 Å². The number of nitrogen functional groups attached to an aromatic ring is 1. The average Bonchev–Trinajstić information content (AvgIpc) is 2.99. The highest BCUT2D eigenvalue weighted by Gasteiger charge is 2.10. The third-order valence-corrected chi connectivity index (χ3v) is 4.77. The highest BCUT2D eigenvalue weighted by Crippen LogP contribution is 2.27. The first-order chi connectivity index (χ1) is 12.5. The van der Waals surface area contributed by atoms with Crippen LogP contribution < -0.4 is 16.1 Å². The maximum atomic E-state index is 11.0. The van der Waals surface area contributed by atoms with Gasteiger partial charge in [-0.2, -0.15) is 9.97 Å². The molecule has 0 aliphatic rings. The molecule has 0 atom stereocenters. The second-order valence-corrected chi connectivity index (χ2v) is 6.41. The van der Waals surface area contributed by atoms with Crippen molar-refractivity contribution in [2.45, 2.75) is 0 Å². The third kappa shape index (κ3) is 2.74. The van der Waals surface area contributed by atoms with Crippen molar-refractivity contribution in [3.05, 3.63) is 53.6 Å². The van der Waals surface area contributed by atoms with Crippen molar-refractivity contribution >= 4 is 44.1 Å². The number of carboxylic acid groups (broad SMARTS) is 1. The van der Waals surface area contributed by atoms with Gasteiger partial charge in [-0.25, -0.2) is 9.79 Å². The van der Waals surface area contributed by atoms with Crippen molar-refractivity contribution in [3.63, 3.8) is 0 Å². The molecule has 3 N–H and O–H groups in total. The zero-order valence-electron chi connectivity index (χ0n) is 13.6. The number of thiazole rings is 1. The summed E-state index contributed by atoms with van der Waals surface area (Å²) in [7, 11) is 1.61. The summed E-state index contributed by atoms with van der Waals surface area (Å²) in [6.07, 6.45) is 0. The number of nitrogens with two attached hydrogens (primary N) is 1. The van der Waals surface area contributed by atoms with Gasteiger partial charge in [0.2, 0.25) is 16.5 Å². The molecule has 2 aromatic carbocycles. The number of fused-ring (bicyclic) bond motifs is 3. The monoisotopic (exact) mass is 367 g/mol. The fraction of sp³-hybridized carbons (Fsp3) is 0.0588. The molecule has 4 aromatic rings. The summed E-state index contributed by atoms with van der Waals surface area (Å²) in [5.74, 6) is -0.130. The van der Waals surface area contributed by atoms with E-state index in [0.29, 0.717) is 16.3 Å². The number of benzene rings is 2. The summed E-state index contributed by atoms with van der Waals surface area (Å²) in [6, 6.07) is 11.9. The Morgan fingerprint density at radius 1 is 1.23 bits per heavy atom. The Bertz CT molecular complexity index is 1210. The average molecular weight is 367 g/mol. The van der Waals surface area contributed by atoms with E-state index in [1.54, 1.807) is 23.6 Å². The summed E-state index contributed by atoms with van der Waals surface area (Å²) >= 11 is 1.45. The molecule has 0 saturated carbocycles. The fourth-order valence-electron chi connectivity index (χ4n) is 2.55. The Labute approximate surface area is 150 Å². The van der Waals surface area contributed by atoms with Gasteiger partial charge in [-0.15, -0.1) is 0 Å². The lowest BCUT2D eigenvalue weighted by molar-refractivity contribution is 0.0697. The van der Waals surface area contributed by atoms with Gasteiger partial charge in [0.25, 0.3) is 0 Å². The largest absolute Gasteiger partial charge is 0.497 e. The Morgan fingerprint density at radius 3 is 2.69 bits per heavy atom. The quantitative estimate of drug-likeness (QED) is 0.575. The minimum atomic E-state index is -0.989. The van der Waals surface area contributed by atoms with Gasteiger partial charge in [-0.3, -0.25) is 4.40 Å². The first kappa shape index (κ1) is 16.0. The summed E-state index contributed by atoms with van der Waals surface area (Å²) < 4.78 is 8.03. The van der Waals surface area contributed by atoms with Crippen molar-refractivity contribution in [2.75, 3.05) is 12.8 Å². The molecule has 2 heterocycles. The van der Waals surface area contributed by atoms with Crippen LogP contribution in [-0.4, -0.2) is 32.6 Å². The van der Waals surface area contributed by atoms with Crippen molar-refractivity contribution < 1.29 is 14.6 Å². The van der Waals surface area contributed by atoms with Gasteiger partial charge in [-0.1, -0.05) is 11.3 Å². The van der Waals surface area contributed by atoms with E-state index in [-0.39, 0.29) is 11.5 Å². The number of carbonyl (C=O) groups is 1. The smallest absolute Gasteiger partial charge is 0.335 e. The van der Waals surface area contributed by atoms with Gasteiger partial charge in [0.05, 0.1) is 28.6 Å².